The molecule has 1 aliphatic rings. The summed E-state index contributed by atoms with van der Waals surface area (Å²) in [4.78, 5) is 13.0. The lowest BCUT2D eigenvalue weighted by Gasteiger charge is -2.33. The van der Waals surface area contributed by atoms with Crippen LogP contribution in [0.4, 0.5) is 5.69 Å². The molecular weight excluding hydrogens is 459 g/mol. The van der Waals surface area contributed by atoms with Crippen molar-refractivity contribution in [3.8, 4) is 5.69 Å². The van der Waals surface area contributed by atoms with Crippen molar-refractivity contribution in [3.63, 3.8) is 0 Å². The number of anilines is 1. The Morgan fingerprint density at radius 3 is 2.61 bits per heavy atom. The van der Waals surface area contributed by atoms with Crippen molar-refractivity contribution in [1.82, 2.24) is 14.1 Å². The van der Waals surface area contributed by atoms with Gasteiger partial charge in [0.2, 0.25) is 15.9 Å². The molecule has 0 bridgehead atoms. The van der Waals surface area contributed by atoms with E-state index in [9.17, 15) is 13.2 Å². The summed E-state index contributed by atoms with van der Waals surface area (Å²) in [5.41, 5.74) is 1.13. The number of halogens is 2. The third-order valence-electron chi connectivity index (χ3n) is 5.13. The zero-order valence-corrected chi connectivity index (χ0v) is 18.7. The van der Waals surface area contributed by atoms with Gasteiger partial charge in [-0.2, -0.15) is 9.40 Å². The molecule has 4 rings (SSSR count). The Labute approximate surface area is 190 Å². The lowest BCUT2D eigenvalue weighted by molar-refractivity contribution is -0.120. The Hall–Kier alpha value is -2.39. The maximum absolute atomic E-state index is 13.4. The van der Waals surface area contributed by atoms with Crippen molar-refractivity contribution in [1.29, 1.82) is 0 Å². The summed E-state index contributed by atoms with van der Waals surface area (Å²) in [6.45, 7) is 0.255. The molecule has 2 aromatic carbocycles. The van der Waals surface area contributed by atoms with Crippen molar-refractivity contribution < 1.29 is 13.2 Å². The maximum Gasteiger partial charge on any atom is 0.246 e. The van der Waals surface area contributed by atoms with Gasteiger partial charge < -0.3 is 5.32 Å². The van der Waals surface area contributed by atoms with Crippen LogP contribution in [-0.4, -0.2) is 41.0 Å². The monoisotopic (exact) mass is 478 g/mol. The van der Waals surface area contributed by atoms with Gasteiger partial charge in [0.05, 0.1) is 28.8 Å². The molecule has 1 aliphatic heterocycles. The van der Waals surface area contributed by atoms with Crippen LogP contribution in [0.2, 0.25) is 10.0 Å². The van der Waals surface area contributed by atoms with Crippen LogP contribution in [0.5, 0.6) is 0 Å². The number of carbonyl (C=O) groups is 1. The summed E-state index contributed by atoms with van der Waals surface area (Å²) in [6.07, 6.45) is 4.62. The SMILES string of the molecule is O=C(Nc1ccc(Cl)cc1Cl)C1CCCCN1S(=O)(=O)c1cnn(-c2ccccc2)c1. The molecule has 0 radical (unpaired) electrons. The van der Waals surface area contributed by atoms with Crippen molar-refractivity contribution in [2.75, 3.05) is 11.9 Å². The predicted octanol–water partition coefficient (Wildman–Crippen LogP) is 4.36. The molecule has 0 spiro atoms. The van der Waals surface area contributed by atoms with Crippen LogP contribution in [0.15, 0.2) is 65.8 Å². The number of amides is 1. The second-order valence-corrected chi connectivity index (χ2v) is 9.93. The number of benzene rings is 2. The van der Waals surface area contributed by atoms with Crippen LogP contribution in [0, 0.1) is 0 Å². The molecule has 1 N–H and O–H groups in total. The van der Waals surface area contributed by atoms with Gasteiger partial charge in [0.15, 0.2) is 0 Å². The predicted molar refractivity (Wildman–Crippen MR) is 120 cm³/mol. The molecular formula is C21H20Cl2N4O3S. The Bertz CT molecular complexity index is 1200. The van der Waals surface area contributed by atoms with Crippen molar-refractivity contribution in [2.24, 2.45) is 0 Å². The van der Waals surface area contributed by atoms with Crippen molar-refractivity contribution >= 4 is 44.8 Å². The van der Waals surface area contributed by atoms with Gasteiger partial charge in [-0.3, -0.25) is 4.79 Å². The summed E-state index contributed by atoms with van der Waals surface area (Å²) >= 11 is 12.1. The third-order valence-corrected chi connectivity index (χ3v) is 7.54. The molecule has 7 nitrogen and oxygen atoms in total. The van der Waals surface area contributed by atoms with Crippen molar-refractivity contribution in [3.05, 3.63) is 71.0 Å². The molecule has 10 heteroatoms. The van der Waals surface area contributed by atoms with Crippen LogP contribution in [0.25, 0.3) is 5.69 Å². The average Bonchev–Trinajstić information content (AvgIpc) is 3.27. The van der Waals surface area contributed by atoms with Crippen LogP contribution < -0.4 is 5.32 Å². The van der Waals surface area contributed by atoms with E-state index in [1.165, 1.54) is 27.4 Å². The second kappa shape index (κ2) is 9.00. The van der Waals surface area contributed by atoms with E-state index in [0.29, 0.717) is 23.6 Å². The molecule has 162 valence electrons. The van der Waals surface area contributed by atoms with Gasteiger partial charge in [-0.25, -0.2) is 13.1 Å². The van der Waals surface area contributed by atoms with E-state index in [2.05, 4.69) is 10.4 Å². The number of hydrogen-bond acceptors (Lipinski definition) is 4. The quantitative estimate of drug-likeness (QED) is 0.590. The lowest BCUT2D eigenvalue weighted by Crippen LogP contribution is -2.49. The van der Waals surface area contributed by atoms with E-state index in [4.69, 9.17) is 23.2 Å². The molecule has 1 aromatic heterocycles. The van der Waals surface area contributed by atoms with Gasteiger partial charge >= 0.3 is 0 Å². The highest BCUT2D eigenvalue weighted by molar-refractivity contribution is 7.89. The largest absolute Gasteiger partial charge is 0.323 e. The minimum atomic E-state index is -3.92. The summed E-state index contributed by atoms with van der Waals surface area (Å²) in [5.74, 6) is -0.428. The minimum absolute atomic E-state index is 0.0422. The molecule has 1 amide bonds. The van der Waals surface area contributed by atoms with Crippen LogP contribution >= 0.6 is 23.2 Å². The van der Waals surface area contributed by atoms with Gasteiger partial charge in [-0.05, 0) is 43.2 Å². The highest BCUT2D eigenvalue weighted by Crippen LogP contribution is 2.29. The first kappa shape index (κ1) is 21.8. The standard InChI is InChI=1S/C21H20Cl2N4O3S/c22-15-9-10-19(18(23)12-15)25-21(28)20-8-4-5-11-27(20)31(29,30)17-13-24-26(14-17)16-6-2-1-3-7-16/h1-3,6-7,9-10,12-14,20H,4-5,8,11H2,(H,25,28). The lowest BCUT2D eigenvalue weighted by atomic mass is 10.0. The van der Waals surface area contributed by atoms with Crippen LogP contribution in [0.3, 0.4) is 0 Å². The molecule has 0 saturated carbocycles. The molecule has 2 heterocycles. The van der Waals surface area contributed by atoms with E-state index in [1.54, 1.807) is 12.1 Å². The number of sulfonamides is 1. The summed E-state index contributed by atoms with van der Waals surface area (Å²) < 4.78 is 29.5. The Morgan fingerprint density at radius 2 is 1.87 bits per heavy atom. The van der Waals surface area contributed by atoms with Gasteiger partial charge in [0.25, 0.3) is 0 Å². The van der Waals surface area contributed by atoms with Gasteiger partial charge in [-0.15, -0.1) is 0 Å². The van der Waals surface area contributed by atoms with E-state index >= 15 is 0 Å². The normalized spacial score (nSPS) is 17.4. The third kappa shape index (κ3) is 4.62. The number of carbonyl (C=O) groups excluding carboxylic acids is 1. The fourth-order valence-electron chi connectivity index (χ4n) is 3.56. The first-order valence-corrected chi connectivity index (χ1v) is 11.9. The highest BCUT2D eigenvalue weighted by Gasteiger charge is 2.38. The van der Waals surface area contributed by atoms with Gasteiger partial charge in [0.1, 0.15) is 10.9 Å². The zero-order valence-electron chi connectivity index (χ0n) is 16.4. The smallest absolute Gasteiger partial charge is 0.246 e. The zero-order chi connectivity index (χ0) is 22.0. The molecule has 3 aromatic rings. The molecule has 31 heavy (non-hydrogen) atoms. The molecule has 1 unspecified atom stereocenters. The Kier molecular flexibility index (Phi) is 6.34. The minimum Gasteiger partial charge on any atom is -0.323 e. The fourth-order valence-corrected chi connectivity index (χ4v) is 5.60. The second-order valence-electron chi connectivity index (χ2n) is 7.20. The molecule has 1 saturated heterocycles. The highest BCUT2D eigenvalue weighted by atomic mass is 35.5. The van der Waals surface area contributed by atoms with Crippen LogP contribution in [-0.2, 0) is 14.8 Å². The summed E-state index contributed by atoms with van der Waals surface area (Å²) in [7, 11) is -3.92. The number of hydrogen-bond donors (Lipinski definition) is 1. The number of nitrogens with zero attached hydrogens (tertiary/aromatic N) is 3. The van der Waals surface area contributed by atoms with Gasteiger partial charge in [-0.1, -0.05) is 47.8 Å². The average molecular weight is 479 g/mol. The van der Waals surface area contributed by atoms with E-state index in [-0.39, 0.29) is 16.5 Å². The molecule has 1 fully saturated rings. The topological polar surface area (TPSA) is 84.3 Å². The van der Waals surface area contributed by atoms with E-state index < -0.39 is 22.0 Å². The Balaban J connectivity index is 1.59. The number of piperidine rings is 1. The number of nitrogens with one attached hydrogen (secondary N) is 1. The first-order chi connectivity index (χ1) is 14.9. The fraction of sp³-hybridized carbons (Fsp3) is 0.238. The van der Waals surface area contributed by atoms with Gasteiger partial charge in [0, 0.05) is 11.6 Å². The number of rotatable bonds is 5. The van der Waals surface area contributed by atoms with Crippen molar-refractivity contribution in [2.45, 2.75) is 30.2 Å². The summed E-state index contributed by atoms with van der Waals surface area (Å²) in [5, 5.41) is 7.65. The van der Waals surface area contributed by atoms with Crippen LogP contribution in [0.1, 0.15) is 19.3 Å². The summed E-state index contributed by atoms with van der Waals surface area (Å²) in [6, 6.07) is 13.1. The molecule has 0 aliphatic carbocycles. The maximum atomic E-state index is 13.4. The Morgan fingerprint density at radius 1 is 1.10 bits per heavy atom. The molecule has 1 atom stereocenters. The van der Waals surface area contributed by atoms with E-state index in [0.717, 1.165) is 12.1 Å². The van der Waals surface area contributed by atoms with E-state index in [1.807, 2.05) is 30.3 Å². The number of aromatic nitrogens is 2. The number of para-hydroxylation sites is 1. The first-order valence-electron chi connectivity index (χ1n) is 9.74.